The molecule has 1 saturated carbocycles. The third-order valence-corrected chi connectivity index (χ3v) is 2.93. The largest absolute Gasteiger partial charge is 0.330 e. The molecule has 0 aromatic carbocycles. The summed E-state index contributed by atoms with van der Waals surface area (Å²) in [5, 5.41) is 0. The van der Waals surface area contributed by atoms with Crippen LogP contribution in [0.15, 0.2) is 0 Å². The van der Waals surface area contributed by atoms with Crippen LogP contribution in [0.25, 0.3) is 0 Å². The molecule has 0 radical (unpaired) electrons. The molecule has 0 saturated heterocycles. The van der Waals surface area contributed by atoms with Crippen molar-refractivity contribution in [2.45, 2.75) is 46.0 Å². The molecular weight excluding hydrogens is 134 g/mol. The molecule has 0 heterocycles. The SMILES string of the molecule is CC(C)CC1(CCN)CCC1. The Labute approximate surface area is 70.4 Å². The maximum Gasteiger partial charge on any atom is -0.00720 e. The molecule has 1 nitrogen and oxygen atoms in total. The average molecular weight is 155 g/mol. The smallest absolute Gasteiger partial charge is 0.00720 e. The van der Waals surface area contributed by atoms with Crippen LogP contribution in [0.1, 0.15) is 46.0 Å². The number of hydrogen-bond donors (Lipinski definition) is 1. The Balaban J connectivity index is 2.33. The molecule has 2 N–H and O–H groups in total. The normalized spacial score (nSPS) is 21.8. The van der Waals surface area contributed by atoms with E-state index in [4.69, 9.17) is 5.73 Å². The van der Waals surface area contributed by atoms with Gasteiger partial charge in [-0.15, -0.1) is 0 Å². The van der Waals surface area contributed by atoms with Crippen molar-refractivity contribution in [2.75, 3.05) is 6.54 Å². The second kappa shape index (κ2) is 3.57. The van der Waals surface area contributed by atoms with Crippen molar-refractivity contribution in [3.8, 4) is 0 Å². The van der Waals surface area contributed by atoms with Crippen LogP contribution in [-0.4, -0.2) is 6.54 Å². The molecular formula is C10H21N. The Morgan fingerprint density at radius 1 is 1.36 bits per heavy atom. The molecule has 0 amide bonds. The van der Waals surface area contributed by atoms with Crippen LogP contribution in [0.5, 0.6) is 0 Å². The fourth-order valence-electron chi connectivity index (χ4n) is 2.41. The van der Waals surface area contributed by atoms with Gasteiger partial charge in [0.2, 0.25) is 0 Å². The van der Waals surface area contributed by atoms with E-state index in [0.29, 0.717) is 5.41 Å². The van der Waals surface area contributed by atoms with E-state index in [0.717, 1.165) is 12.5 Å². The molecule has 0 aliphatic heterocycles. The van der Waals surface area contributed by atoms with Crippen molar-refractivity contribution in [1.82, 2.24) is 0 Å². The Morgan fingerprint density at radius 2 is 2.00 bits per heavy atom. The van der Waals surface area contributed by atoms with Gasteiger partial charge in [0.25, 0.3) is 0 Å². The van der Waals surface area contributed by atoms with E-state index in [1.54, 1.807) is 0 Å². The van der Waals surface area contributed by atoms with Gasteiger partial charge in [-0.1, -0.05) is 20.3 Å². The van der Waals surface area contributed by atoms with Gasteiger partial charge in [-0.2, -0.15) is 0 Å². The highest BCUT2D eigenvalue weighted by Crippen LogP contribution is 2.48. The summed E-state index contributed by atoms with van der Waals surface area (Å²) in [5.41, 5.74) is 6.27. The van der Waals surface area contributed by atoms with E-state index in [2.05, 4.69) is 13.8 Å². The minimum absolute atomic E-state index is 0.670. The lowest BCUT2D eigenvalue weighted by atomic mass is 9.63. The summed E-state index contributed by atoms with van der Waals surface area (Å²) in [6.07, 6.45) is 6.95. The molecule has 1 rings (SSSR count). The predicted octanol–water partition coefficient (Wildman–Crippen LogP) is 2.55. The Morgan fingerprint density at radius 3 is 2.27 bits per heavy atom. The fraction of sp³-hybridized carbons (Fsp3) is 1.00. The topological polar surface area (TPSA) is 26.0 Å². The van der Waals surface area contributed by atoms with Gasteiger partial charge in [0, 0.05) is 0 Å². The second-order valence-electron chi connectivity index (χ2n) is 4.49. The van der Waals surface area contributed by atoms with Crippen molar-refractivity contribution in [3.63, 3.8) is 0 Å². The number of rotatable bonds is 4. The number of hydrogen-bond acceptors (Lipinski definition) is 1. The highest BCUT2D eigenvalue weighted by atomic mass is 14.6. The maximum atomic E-state index is 5.60. The molecule has 66 valence electrons. The lowest BCUT2D eigenvalue weighted by molar-refractivity contribution is 0.0913. The zero-order valence-electron chi connectivity index (χ0n) is 7.90. The first-order valence-electron chi connectivity index (χ1n) is 4.89. The highest BCUT2D eigenvalue weighted by Gasteiger charge is 2.35. The lowest BCUT2D eigenvalue weighted by Crippen LogP contribution is -2.33. The molecule has 0 aromatic rings. The van der Waals surface area contributed by atoms with Crippen molar-refractivity contribution in [2.24, 2.45) is 17.1 Å². The van der Waals surface area contributed by atoms with Crippen LogP contribution in [0, 0.1) is 11.3 Å². The monoisotopic (exact) mass is 155 g/mol. The molecule has 0 bridgehead atoms. The van der Waals surface area contributed by atoms with Crippen LogP contribution >= 0.6 is 0 Å². The second-order valence-corrected chi connectivity index (χ2v) is 4.49. The van der Waals surface area contributed by atoms with Gasteiger partial charge in [0.05, 0.1) is 0 Å². The maximum absolute atomic E-state index is 5.60. The predicted molar refractivity (Wildman–Crippen MR) is 49.4 cm³/mol. The van der Waals surface area contributed by atoms with Crippen LogP contribution in [0.4, 0.5) is 0 Å². The zero-order valence-corrected chi connectivity index (χ0v) is 7.90. The van der Waals surface area contributed by atoms with Crippen molar-refractivity contribution < 1.29 is 0 Å². The van der Waals surface area contributed by atoms with E-state index < -0.39 is 0 Å². The first kappa shape index (κ1) is 9.05. The lowest BCUT2D eigenvalue weighted by Gasteiger charge is -2.43. The average Bonchev–Trinajstić information content (AvgIpc) is 1.82. The van der Waals surface area contributed by atoms with Gasteiger partial charge in [-0.3, -0.25) is 0 Å². The minimum atomic E-state index is 0.670. The Hall–Kier alpha value is -0.0400. The first-order valence-corrected chi connectivity index (χ1v) is 4.89. The van der Waals surface area contributed by atoms with E-state index in [1.165, 1.54) is 32.1 Å². The van der Waals surface area contributed by atoms with E-state index in [-0.39, 0.29) is 0 Å². The van der Waals surface area contributed by atoms with E-state index in [9.17, 15) is 0 Å². The fourth-order valence-corrected chi connectivity index (χ4v) is 2.41. The summed E-state index contributed by atoms with van der Waals surface area (Å²) in [7, 11) is 0. The molecule has 0 aromatic heterocycles. The molecule has 0 spiro atoms. The Bertz CT molecular complexity index is 114. The van der Waals surface area contributed by atoms with Gasteiger partial charge in [-0.25, -0.2) is 0 Å². The molecule has 1 aliphatic carbocycles. The van der Waals surface area contributed by atoms with Gasteiger partial charge in [0.15, 0.2) is 0 Å². The third-order valence-electron chi connectivity index (χ3n) is 2.93. The van der Waals surface area contributed by atoms with Gasteiger partial charge < -0.3 is 5.73 Å². The van der Waals surface area contributed by atoms with Crippen molar-refractivity contribution in [3.05, 3.63) is 0 Å². The summed E-state index contributed by atoms with van der Waals surface area (Å²) < 4.78 is 0. The van der Waals surface area contributed by atoms with Crippen LogP contribution < -0.4 is 5.73 Å². The summed E-state index contributed by atoms with van der Waals surface area (Å²) in [5.74, 6) is 0.849. The summed E-state index contributed by atoms with van der Waals surface area (Å²) >= 11 is 0. The Kier molecular flexibility index (Phi) is 2.94. The quantitative estimate of drug-likeness (QED) is 0.663. The minimum Gasteiger partial charge on any atom is -0.330 e. The zero-order chi connectivity index (χ0) is 8.32. The van der Waals surface area contributed by atoms with Crippen molar-refractivity contribution in [1.29, 1.82) is 0 Å². The van der Waals surface area contributed by atoms with E-state index in [1.807, 2.05) is 0 Å². The summed E-state index contributed by atoms with van der Waals surface area (Å²) in [6.45, 7) is 5.51. The standard InChI is InChI=1S/C10H21N/c1-9(2)8-10(6-7-11)4-3-5-10/h9H,3-8,11H2,1-2H3. The first-order chi connectivity index (χ1) is 5.18. The summed E-state index contributed by atoms with van der Waals surface area (Å²) in [4.78, 5) is 0. The highest BCUT2D eigenvalue weighted by molar-refractivity contribution is 4.88. The summed E-state index contributed by atoms with van der Waals surface area (Å²) in [6, 6.07) is 0. The van der Waals surface area contributed by atoms with Crippen LogP contribution in [-0.2, 0) is 0 Å². The van der Waals surface area contributed by atoms with Gasteiger partial charge >= 0.3 is 0 Å². The molecule has 1 fully saturated rings. The van der Waals surface area contributed by atoms with Crippen LogP contribution in [0.2, 0.25) is 0 Å². The molecule has 11 heavy (non-hydrogen) atoms. The third kappa shape index (κ3) is 2.19. The molecule has 1 aliphatic rings. The molecule has 1 heteroatoms. The molecule has 0 unspecified atom stereocenters. The van der Waals surface area contributed by atoms with Crippen LogP contribution in [0.3, 0.4) is 0 Å². The number of nitrogens with two attached hydrogens (primary N) is 1. The van der Waals surface area contributed by atoms with Crippen molar-refractivity contribution >= 4 is 0 Å². The van der Waals surface area contributed by atoms with E-state index >= 15 is 0 Å². The molecule has 0 atom stereocenters. The van der Waals surface area contributed by atoms with Gasteiger partial charge in [0.1, 0.15) is 0 Å². The van der Waals surface area contributed by atoms with Gasteiger partial charge in [-0.05, 0) is 43.6 Å².